The zero-order valence-electron chi connectivity index (χ0n) is 12.9. The minimum absolute atomic E-state index is 0.0600. The maximum atomic E-state index is 12.8. The lowest BCUT2D eigenvalue weighted by Crippen LogP contribution is -2.55. The molecule has 1 aliphatic rings. The zero-order valence-corrected chi connectivity index (χ0v) is 13.7. The summed E-state index contributed by atoms with van der Waals surface area (Å²) in [7, 11) is 1.58. The van der Waals surface area contributed by atoms with Crippen molar-refractivity contribution < 1.29 is 9.59 Å². The Balaban J connectivity index is 1.97. The van der Waals surface area contributed by atoms with Gasteiger partial charge in [-0.1, -0.05) is 0 Å². The molecule has 3 rings (SSSR count). The Labute approximate surface area is 138 Å². The fraction of sp³-hybridized carbons (Fsp3) is 0.375. The smallest absolute Gasteiger partial charge is 0.252 e. The summed E-state index contributed by atoms with van der Waals surface area (Å²) in [5, 5.41) is 6.59. The predicted molar refractivity (Wildman–Crippen MR) is 86.7 cm³/mol. The van der Waals surface area contributed by atoms with E-state index in [1.807, 2.05) is 16.8 Å². The standard InChI is InChI=1S/C16H18N4O2S/c1-17-15(22)16(13-10-18-5-6-19-13)4-2-7-20(16)14(21)9-12-3-8-23-11-12/h3,5-6,8,10-11H,2,4,7,9H2,1H3,(H,17,22)/t16-/m1/s1. The minimum Gasteiger partial charge on any atom is -0.357 e. The van der Waals surface area contributed by atoms with Crippen molar-refractivity contribution >= 4 is 23.2 Å². The summed E-state index contributed by atoms with van der Waals surface area (Å²) in [5.41, 5.74) is 0.434. The molecule has 23 heavy (non-hydrogen) atoms. The van der Waals surface area contributed by atoms with Crippen LogP contribution in [0.5, 0.6) is 0 Å². The number of likely N-dealkylation sites (N-methyl/N-ethyl adjacent to an activating group) is 1. The van der Waals surface area contributed by atoms with Crippen LogP contribution in [0.25, 0.3) is 0 Å². The van der Waals surface area contributed by atoms with E-state index in [9.17, 15) is 9.59 Å². The molecule has 120 valence electrons. The summed E-state index contributed by atoms with van der Waals surface area (Å²) >= 11 is 1.56. The van der Waals surface area contributed by atoms with Crippen molar-refractivity contribution in [3.05, 3.63) is 46.7 Å². The van der Waals surface area contributed by atoms with E-state index >= 15 is 0 Å². The van der Waals surface area contributed by atoms with E-state index < -0.39 is 5.54 Å². The number of carbonyl (C=O) groups is 2. The highest BCUT2D eigenvalue weighted by Crippen LogP contribution is 2.38. The number of aromatic nitrogens is 2. The van der Waals surface area contributed by atoms with Gasteiger partial charge in [0.05, 0.1) is 18.3 Å². The van der Waals surface area contributed by atoms with Gasteiger partial charge in [0.1, 0.15) is 0 Å². The number of nitrogens with zero attached hydrogens (tertiary/aromatic N) is 3. The van der Waals surface area contributed by atoms with Gasteiger partial charge in [0.15, 0.2) is 5.54 Å². The quantitative estimate of drug-likeness (QED) is 0.918. The fourth-order valence-corrected chi connectivity index (χ4v) is 3.83. The predicted octanol–water partition coefficient (Wildman–Crippen LogP) is 1.34. The number of amides is 2. The fourth-order valence-electron chi connectivity index (χ4n) is 3.16. The highest BCUT2D eigenvalue weighted by atomic mass is 32.1. The lowest BCUT2D eigenvalue weighted by atomic mass is 9.90. The van der Waals surface area contributed by atoms with Crippen LogP contribution in [-0.2, 0) is 21.5 Å². The van der Waals surface area contributed by atoms with E-state index in [0.29, 0.717) is 25.1 Å². The first-order valence-corrected chi connectivity index (χ1v) is 8.43. The molecule has 1 saturated heterocycles. The van der Waals surface area contributed by atoms with Crippen LogP contribution >= 0.6 is 11.3 Å². The SMILES string of the molecule is CNC(=O)[C@]1(c2cnccn2)CCCN1C(=O)Cc1ccsc1. The van der Waals surface area contributed by atoms with E-state index in [0.717, 1.165) is 12.0 Å². The molecule has 2 aromatic rings. The van der Waals surface area contributed by atoms with Crippen LogP contribution in [0.2, 0.25) is 0 Å². The van der Waals surface area contributed by atoms with Crippen molar-refractivity contribution in [1.82, 2.24) is 20.2 Å². The van der Waals surface area contributed by atoms with Crippen molar-refractivity contribution in [1.29, 1.82) is 0 Å². The molecule has 0 aliphatic carbocycles. The largest absolute Gasteiger partial charge is 0.357 e. The maximum Gasteiger partial charge on any atom is 0.252 e. The van der Waals surface area contributed by atoms with Gasteiger partial charge in [-0.25, -0.2) is 0 Å². The highest BCUT2D eigenvalue weighted by Gasteiger charge is 2.51. The molecule has 2 amide bonds. The number of likely N-dealkylation sites (tertiary alicyclic amines) is 1. The molecule has 6 nitrogen and oxygen atoms in total. The van der Waals surface area contributed by atoms with Crippen molar-refractivity contribution in [2.24, 2.45) is 0 Å². The van der Waals surface area contributed by atoms with Crippen molar-refractivity contribution in [2.75, 3.05) is 13.6 Å². The molecule has 0 unspecified atom stereocenters. The summed E-state index contributed by atoms with van der Waals surface area (Å²) in [5.74, 6) is -0.274. The summed E-state index contributed by atoms with van der Waals surface area (Å²) in [6, 6.07) is 1.93. The average Bonchev–Trinajstić information content (AvgIpc) is 3.24. The Morgan fingerprint density at radius 3 is 2.96 bits per heavy atom. The lowest BCUT2D eigenvalue weighted by Gasteiger charge is -2.36. The monoisotopic (exact) mass is 330 g/mol. The van der Waals surface area contributed by atoms with E-state index in [-0.39, 0.29) is 11.8 Å². The molecule has 0 saturated carbocycles. The molecular weight excluding hydrogens is 312 g/mol. The van der Waals surface area contributed by atoms with Crippen molar-refractivity contribution in [2.45, 2.75) is 24.8 Å². The van der Waals surface area contributed by atoms with E-state index in [1.165, 1.54) is 0 Å². The zero-order chi connectivity index (χ0) is 16.3. The van der Waals surface area contributed by atoms with Gasteiger partial charge in [0.2, 0.25) is 5.91 Å². The Morgan fingerprint density at radius 2 is 2.30 bits per heavy atom. The minimum atomic E-state index is -1.06. The van der Waals surface area contributed by atoms with Gasteiger partial charge in [0.25, 0.3) is 5.91 Å². The second-order valence-corrected chi connectivity index (χ2v) is 6.27. The molecule has 0 radical (unpaired) electrons. The first kappa shape index (κ1) is 15.6. The summed E-state index contributed by atoms with van der Waals surface area (Å²) in [6.07, 6.45) is 6.31. The van der Waals surface area contributed by atoms with E-state index in [2.05, 4.69) is 15.3 Å². The Kier molecular flexibility index (Phi) is 4.38. The first-order valence-electron chi connectivity index (χ1n) is 7.48. The Morgan fingerprint density at radius 1 is 1.43 bits per heavy atom. The number of hydrogen-bond donors (Lipinski definition) is 1. The van der Waals surface area contributed by atoms with Crippen LogP contribution < -0.4 is 5.32 Å². The molecule has 1 N–H and O–H groups in total. The normalized spacial score (nSPS) is 20.5. The van der Waals surface area contributed by atoms with Gasteiger partial charge in [-0.3, -0.25) is 19.6 Å². The first-order chi connectivity index (χ1) is 11.2. The van der Waals surface area contributed by atoms with Crippen LogP contribution in [0.3, 0.4) is 0 Å². The third kappa shape index (κ3) is 2.72. The second kappa shape index (κ2) is 6.45. The van der Waals surface area contributed by atoms with Crippen LogP contribution in [-0.4, -0.2) is 40.3 Å². The summed E-state index contributed by atoms with van der Waals surface area (Å²) in [4.78, 5) is 35.6. The Bertz CT molecular complexity index is 689. The molecule has 0 aromatic carbocycles. The number of carbonyl (C=O) groups excluding carboxylic acids is 2. The molecule has 3 heterocycles. The maximum absolute atomic E-state index is 12.8. The average molecular weight is 330 g/mol. The molecule has 1 atom stereocenters. The van der Waals surface area contributed by atoms with Crippen molar-refractivity contribution in [3.8, 4) is 0 Å². The number of rotatable bonds is 4. The van der Waals surface area contributed by atoms with Gasteiger partial charge in [0, 0.05) is 26.0 Å². The van der Waals surface area contributed by atoms with Crippen LogP contribution in [0.15, 0.2) is 35.4 Å². The Hall–Kier alpha value is -2.28. The molecule has 7 heteroatoms. The van der Waals surface area contributed by atoms with Gasteiger partial charge < -0.3 is 10.2 Å². The van der Waals surface area contributed by atoms with Crippen LogP contribution in [0.1, 0.15) is 24.1 Å². The topological polar surface area (TPSA) is 75.2 Å². The summed E-state index contributed by atoms with van der Waals surface area (Å²) < 4.78 is 0. The van der Waals surface area contributed by atoms with Gasteiger partial charge >= 0.3 is 0 Å². The van der Waals surface area contributed by atoms with Crippen molar-refractivity contribution in [3.63, 3.8) is 0 Å². The third-order valence-corrected chi connectivity index (χ3v) is 4.94. The van der Waals surface area contributed by atoms with Gasteiger partial charge in [-0.15, -0.1) is 0 Å². The van der Waals surface area contributed by atoms with Gasteiger partial charge in [-0.2, -0.15) is 11.3 Å². The molecule has 0 spiro atoms. The van der Waals surface area contributed by atoms with Gasteiger partial charge in [-0.05, 0) is 35.2 Å². The molecule has 1 fully saturated rings. The highest BCUT2D eigenvalue weighted by molar-refractivity contribution is 7.08. The van der Waals surface area contributed by atoms with Crippen LogP contribution in [0.4, 0.5) is 0 Å². The third-order valence-electron chi connectivity index (χ3n) is 4.21. The molecule has 0 bridgehead atoms. The molecule has 2 aromatic heterocycles. The molecular formula is C16H18N4O2S. The van der Waals surface area contributed by atoms with E-state index in [4.69, 9.17) is 0 Å². The number of hydrogen-bond acceptors (Lipinski definition) is 5. The lowest BCUT2D eigenvalue weighted by molar-refractivity contribution is -0.145. The molecule has 1 aliphatic heterocycles. The number of nitrogens with one attached hydrogen (secondary N) is 1. The van der Waals surface area contributed by atoms with Crippen LogP contribution in [0, 0.1) is 0 Å². The number of thiophene rings is 1. The second-order valence-electron chi connectivity index (χ2n) is 5.49. The van der Waals surface area contributed by atoms with E-state index in [1.54, 1.807) is 41.9 Å². The summed E-state index contributed by atoms with van der Waals surface area (Å²) in [6.45, 7) is 0.549.